The number of nitrogens with one attached hydrogen (secondary N) is 2. The van der Waals surface area contributed by atoms with Crippen LogP contribution in [0.4, 0.5) is 5.95 Å². The fourth-order valence-corrected chi connectivity index (χ4v) is 0.822. The van der Waals surface area contributed by atoms with Gasteiger partial charge in [-0.15, -0.1) is 0 Å². The van der Waals surface area contributed by atoms with E-state index < -0.39 is 0 Å². The van der Waals surface area contributed by atoms with Crippen molar-refractivity contribution in [1.82, 2.24) is 9.97 Å². The number of halogens is 1. The molecule has 0 saturated heterocycles. The summed E-state index contributed by atoms with van der Waals surface area (Å²) in [5.74, 6) is 0.444. The van der Waals surface area contributed by atoms with Gasteiger partial charge in [0.25, 0.3) is 5.56 Å². The largest absolute Gasteiger partial charge is 0.354 e. The number of nitrogens with zero attached hydrogens (tertiary/aromatic N) is 1. The number of aromatic nitrogens is 2. The van der Waals surface area contributed by atoms with Crippen LogP contribution in [0.3, 0.4) is 0 Å². The van der Waals surface area contributed by atoms with E-state index in [2.05, 4.69) is 15.3 Å². The Labute approximate surface area is 75.0 Å². The predicted molar refractivity (Wildman–Crippen MR) is 48.6 cm³/mol. The van der Waals surface area contributed by atoms with Crippen molar-refractivity contribution in [3.05, 3.63) is 21.6 Å². The van der Waals surface area contributed by atoms with Gasteiger partial charge in [-0.1, -0.05) is 11.6 Å². The van der Waals surface area contributed by atoms with Crippen LogP contribution in [-0.4, -0.2) is 16.0 Å². The first-order chi connectivity index (χ1) is 5.59. The van der Waals surface area contributed by atoms with Gasteiger partial charge in [-0.05, 0) is 13.8 Å². The number of hydrogen-bond acceptors (Lipinski definition) is 3. The molecule has 1 heterocycles. The van der Waals surface area contributed by atoms with E-state index in [0.717, 1.165) is 0 Å². The highest BCUT2D eigenvalue weighted by Gasteiger charge is 1.99. The van der Waals surface area contributed by atoms with E-state index in [-0.39, 0.29) is 16.6 Å². The molecule has 0 fully saturated rings. The van der Waals surface area contributed by atoms with Crippen molar-refractivity contribution in [2.24, 2.45) is 0 Å². The Morgan fingerprint density at radius 3 is 2.83 bits per heavy atom. The molecule has 0 aliphatic heterocycles. The average Bonchev–Trinajstić information content (AvgIpc) is 1.96. The van der Waals surface area contributed by atoms with E-state index in [4.69, 9.17) is 11.6 Å². The summed E-state index contributed by atoms with van der Waals surface area (Å²) in [6.07, 6.45) is 1.32. The molecular weight excluding hydrogens is 178 g/mol. The van der Waals surface area contributed by atoms with Crippen molar-refractivity contribution in [3.63, 3.8) is 0 Å². The fraction of sp³-hybridized carbons (Fsp3) is 0.429. The van der Waals surface area contributed by atoms with Gasteiger partial charge in [-0.25, -0.2) is 4.98 Å². The summed E-state index contributed by atoms with van der Waals surface area (Å²) in [6.45, 7) is 3.91. The van der Waals surface area contributed by atoms with Crippen molar-refractivity contribution in [2.75, 3.05) is 5.32 Å². The summed E-state index contributed by atoms with van der Waals surface area (Å²) >= 11 is 5.48. The third-order valence-electron chi connectivity index (χ3n) is 1.18. The Bertz CT molecular complexity index is 321. The smallest absolute Gasteiger partial charge is 0.271 e. The minimum atomic E-state index is -0.324. The van der Waals surface area contributed by atoms with E-state index in [1.54, 1.807) is 0 Å². The molecule has 0 aromatic carbocycles. The highest BCUT2D eigenvalue weighted by Crippen LogP contribution is 2.00. The summed E-state index contributed by atoms with van der Waals surface area (Å²) in [7, 11) is 0. The molecule has 0 aliphatic carbocycles. The number of anilines is 1. The van der Waals surface area contributed by atoms with E-state index >= 15 is 0 Å². The minimum Gasteiger partial charge on any atom is -0.354 e. The van der Waals surface area contributed by atoms with Crippen LogP contribution in [0.15, 0.2) is 11.0 Å². The molecule has 0 aliphatic rings. The summed E-state index contributed by atoms with van der Waals surface area (Å²) < 4.78 is 0. The predicted octanol–water partition coefficient (Wildman–Crippen LogP) is 1.24. The van der Waals surface area contributed by atoms with Crippen LogP contribution in [0.25, 0.3) is 0 Å². The molecule has 5 heteroatoms. The zero-order valence-electron chi connectivity index (χ0n) is 6.89. The molecule has 0 spiro atoms. The second-order valence-corrected chi connectivity index (χ2v) is 3.12. The molecule has 0 saturated carbocycles. The van der Waals surface area contributed by atoms with Crippen LogP contribution in [0.2, 0.25) is 5.02 Å². The zero-order valence-corrected chi connectivity index (χ0v) is 7.64. The van der Waals surface area contributed by atoms with E-state index in [0.29, 0.717) is 5.95 Å². The molecule has 1 aromatic rings. The molecule has 2 N–H and O–H groups in total. The number of rotatable bonds is 2. The zero-order chi connectivity index (χ0) is 9.14. The first-order valence-electron chi connectivity index (χ1n) is 3.61. The van der Waals surface area contributed by atoms with Gasteiger partial charge in [-0.2, -0.15) is 0 Å². The maximum Gasteiger partial charge on any atom is 0.271 e. The first-order valence-corrected chi connectivity index (χ1v) is 3.98. The van der Waals surface area contributed by atoms with Crippen molar-refractivity contribution in [2.45, 2.75) is 19.9 Å². The molecule has 66 valence electrons. The summed E-state index contributed by atoms with van der Waals surface area (Å²) in [5, 5.41) is 3.05. The first kappa shape index (κ1) is 9.06. The maximum atomic E-state index is 11.0. The van der Waals surface area contributed by atoms with Crippen molar-refractivity contribution in [1.29, 1.82) is 0 Å². The second-order valence-electron chi connectivity index (χ2n) is 2.71. The monoisotopic (exact) mass is 187 g/mol. The third-order valence-corrected chi connectivity index (χ3v) is 1.45. The Morgan fingerprint density at radius 1 is 1.67 bits per heavy atom. The molecule has 0 bridgehead atoms. The Morgan fingerprint density at radius 2 is 2.33 bits per heavy atom. The molecule has 1 rings (SSSR count). The Hall–Kier alpha value is -1.03. The summed E-state index contributed by atoms with van der Waals surface area (Å²) in [5.41, 5.74) is -0.324. The lowest BCUT2D eigenvalue weighted by molar-refractivity contribution is 0.871. The van der Waals surface area contributed by atoms with Crippen molar-refractivity contribution in [3.8, 4) is 0 Å². The van der Waals surface area contributed by atoms with Gasteiger partial charge in [-0.3, -0.25) is 9.78 Å². The average molecular weight is 188 g/mol. The van der Waals surface area contributed by atoms with Crippen LogP contribution in [0.5, 0.6) is 0 Å². The molecular formula is C7H10ClN3O. The third kappa shape index (κ3) is 2.23. The molecule has 4 nitrogen and oxygen atoms in total. The lowest BCUT2D eigenvalue weighted by Crippen LogP contribution is -2.17. The van der Waals surface area contributed by atoms with Gasteiger partial charge in [0.15, 0.2) is 0 Å². The van der Waals surface area contributed by atoms with Gasteiger partial charge in [0.05, 0.1) is 6.20 Å². The number of aromatic amines is 1. The molecule has 12 heavy (non-hydrogen) atoms. The van der Waals surface area contributed by atoms with Crippen LogP contribution in [0.1, 0.15) is 13.8 Å². The van der Waals surface area contributed by atoms with E-state index in [9.17, 15) is 4.79 Å². The Kier molecular flexibility index (Phi) is 2.70. The van der Waals surface area contributed by atoms with Gasteiger partial charge in [0, 0.05) is 6.04 Å². The van der Waals surface area contributed by atoms with Gasteiger partial charge < -0.3 is 5.32 Å². The molecule has 1 aromatic heterocycles. The number of H-pyrrole nitrogens is 1. The molecule has 0 unspecified atom stereocenters. The topological polar surface area (TPSA) is 57.8 Å². The van der Waals surface area contributed by atoms with Crippen LogP contribution in [0, 0.1) is 0 Å². The van der Waals surface area contributed by atoms with E-state index in [1.165, 1.54) is 6.20 Å². The van der Waals surface area contributed by atoms with Crippen molar-refractivity contribution < 1.29 is 0 Å². The summed E-state index contributed by atoms with van der Waals surface area (Å²) in [4.78, 5) is 17.3. The Balaban J connectivity index is 2.90. The maximum absolute atomic E-state index is 11.0. The highest BCUT2D eigenvalue weighted by atomic mass is 35.5. The highest BCUT2D eigenvalue weighted by molar-refractivity contribution is 6.30. The normalized spacial score (nSPS) is 10.3. The molecule has 0 atom stereocenters. The van der Waals surface area contributed by atoms with Crippen LogP contribution in [-0.2, 0) is 0 Å². The molecule has 0 radical (unpaired) electrons. The van der Waals surface area contributed by atoms with Crippen LogP contribution < -0.4 is 10.9 Å². The quantitative estimate of drug-likeness (QED) is 0.733. The fourth-order valence-electron chi connectivity index (χ4n) is 0.726. The summed E-state index contributed by atoms with van der Waals surface area (Å²) in [6, 6.07) is 0.231. The lowest BCUT2D eigenvalue weighted by Gasteiger charge is -2.07. The van der Waals surface area contributed by atoms with E-state index in [1.807, 2.05) is 13.8 Å². The van der Waals surface area contributed by atoms with Gasteiger partial charge >= 0.3 is 0 Å². The standard InChI is InChI=1S/C7H10ClN3O/c1-4(2)10-7-9-3-5(8)6(12)11-7/h3-4H,1-2H3,(H2,9,10,11,12). The van der Waals surface area contributed by atoms with Gasteiger partial charge in [0.1, 0.15) is 5.02 Å². The van der Waals surface area contributed by atoms with Crippen LogP contribution >= 0.6 is 11.6 Å². The molecule has 0 amide bonds. The minimum absolute atomic E-state index is 0.101. The second kappa shape index (κ2) is 3.58. The SMILES string of the molecule is CC(C)Nc1ncc(Cl)c(=O)[nH]1. The van der Waals surface area contributed by atoms with Crippen molar-refractivity contribution >= 4 is 17.5 Å². The number of hydrogen-bond donors (Lipinski definition) is 2. The lowest BCUT2D eigenvalue weighted by atomic mass is 10.4. The van der Waals surface area contributed by atoms with Gasteiger partial charge in [0.2, 0.25) is 5.95 Å².